The number of carbonyl (C=O) groups excluding carboxylic acids is 1. The van der Waals surface area contributed by atoms with E-state index in [2.05, 4.69) is 4.99 Å². The van der Waals surface area contributed by atoms with E-state index in [1.807, 2.05) is 55.5 Å². The highest BCUT2D eigenvalue weighted by atomic mass is 32.1. The summed E-state index contributed by atoms with van der Waals surface area (Å²) in [5, 5.41) is 0. The van der Waals surface area contributed by atoms with E-state index in [0.29, 0.717) is 43.9 Å². The van der Waals surface area contributed by atoms with Crippen molar-refractivity contribution in [2.45, 2.75) is 26.0 Å². The molecule has 6 nitrogen and oxygen atoms in total. The molecule has 1 aromatic heterocycles. The monoisotopic (exact) mass is 528 g/mol. The molecule has 8 heteroatoms. The molecule has 0 saturated heterocycles. The summed E-state index contributed by atoms with van der Waals surface area (Å²) in [6, 6.07) is 22.5. The fourth-order valence-electron chi connectivity index (χ4n) is 4.46. The Morgan fingerprint density at radius 2 is 1.76 bits per heavy atom. The van der Waals surface area contributed by atoms with Crippen molar-refractivity contribution in [1.82, 2.24) is 4.57 Å². The van der Waals surface area contributed by atoms with Crippen LogP contribution in [0.15, 0.2) is 99.9 Å². The number of esters is 1. The number of halogens is 1. The van der Waals surface area contributed by atoms with E-state index < -0.39 is 12.0 Å². The highest BCUT2D eigenvalue weighted by molar-refractivity contribution is 7.07. The number of benzene rings is 3. The van der Waals surface area contributed by atoms with Gasteiger partial charge in [0.25, 0.3) is 5.56 Å². The summed E-state index contributed by atoms with van der Waals surface area (Å²) in [5.41, 5.74) is 2.57. The summed E-state index contributed by atoms with van der Waals surface area (Å²) < 4.78 is 27.1. The second-order valence-corrected chi connectivity index (χ2v) is 9.63. The van der Waals surface area contributed by atoms with Crippen LogP contribution in [0.2, 0.25) is 0 Å². The van der Waals surface area contributed by atoms with Crippen LogP contribution in [-0.4, -0.2) is 17.6 Å². The molecule has 0 unspecified atom stereocenters. The number of fused-ring (bicyclic) bond motifs is 1. The van der Waals surface area contributed by atoms with Crippen LogP contribution in [-0.2, 0) is 16.1 Å². The van der Waals surface area contributed by atoms with Crippen molar-refractivity contribution in [1.29, 1.82) is 0 Å². The summed E-state index contributed by atoms with van der Waals surface area (Å²) in [6.45, 7) is 1.97. The number of rotatable bonds is 7. The zero-order valence-electron chi connectivity index (χ0n) is 20.9. The molecule has 1 aliphatic rings. The van der Waals surface area contributed by atoms with E-state index in [1.54, 1.807) is 34.9 Å². The maximum Gasteiger partial charge on any atom is 0.338 e. The topological polar surface area (TPSA) is 69.9 Å². The molecule has 3 aromatic carbocycles. The molecule has 0 bridgehead atoms. The Kier molecular flexibility index (Phi) is 7.33. The molecule has 0 aliphatic carbocycles. The lowest BCUT2D eigenvalue weighted by Crippen LogP contribution is -2.40. The number of thiazole rings is 1. The van der Waals surface area contributed by atoms with Gasteiger partial charge in [-0.25, -0.2) is 14.2 Å². The van der Waals surface area contributed by atoms with Gasteiger partial charge in [0.15, 0.2) is 4.80 Å². The van der Waals surface area contributed by atoms with Gasteiger partial charge in [0.05, 0.1) is 29.0 Å². The van der Waals surface area contributed by atoms with Crippen LogP contribution in [0.4, 0.5) is 4.39 Å². The number of hydrogen-bond donors (Lipinski definition) is 0. The lowest BCUT2D eigenvalue weighted by molar-refractivity contribution is -0.136. The Morgan fingerprint density at radius 3 is 2.50 bits per heavy atom. The number of ether oxygens (including phenoxy) is 2. The van der Waals surface area contributed by atoms with E-state index in [0.717, 1.165) is 5.56 Å². The van der Waals surface area contributed by atoms with Crippen molar-refractivity contribution >= 4 is 23.4 Å². The average molecular weight is 529 g/mol. The van der Waals surface area contributed by atoms with Gasteiger partial charge in [-0.3, -0.25) is 9.36 Å². The van der Waals surface area contributed by atoms with Crippen LogP contribution < -0.4 is 19.6 Å². The number of carbonyl (C=O) groups is 1. The van der Waals surface area contributed by atoms with Gasteiger partial charge in [-0.1, -0.05) is 85.0 Å². The van der Waals surface area contributed by atoms with E-state index in [-0.39, 0.29) is 18.0 Å². The molecular formula is C30H25FN2O4S. The Bertz CT molecular complexity index is 1710. The fourth-order valence-corrected chi connectivity index (χ4v) is 5.47. The summed E-state index contributed by atoms with van der Waals surface area (Å²) >= 11 is 1.25. The molecule has 0 radical (unpaired) electrons. The SMILES string of the molecule is CCC1=C(C(=O)OC)[C@@H](c2ccccc2)n2c(s/c(=C\c3ccccc3OCc3ccccc3F)c2=O)=N1. The highest BCUT2D eigenvalue weighted by Gasteiger charge is 2.33. The van der Waals surface area contributed by atoms with E-state index >= 15 is 0 Å². The van der Waals surface area contributed by atoms with Gasteiger partial charge in [-0.2, -0.15) is 0 Å². The Morgan fingerprint density at radius 1 is 1.05 bits per heavy atom. The number of methoxy groups -OCH3 is 1. The van der Waals surface area contributed by atoms with E-state index in [1.165, 1.54) is 24.5 Å². The Balaban J connectivity index is 1.62. The predicted molar refractivity (Wildman–Crippen MR) is 144 cm³/mol. The Labute approximate surface area is 222 Å². The van der Waals surface area contributed by atoms with Crippen LogP contribution in [0.25, 0.3) is 6.08 Å². The Hall–Kier alpha value is -4.30. The molecule has 38 heavy (non-hydrogen) atoms. The van der Waals surface area contributed by atoms with Crippen LogP contribution >= 0.6 is 11.3 Å². The molecule has 192 valence electrons. The first-order valence-corrected chi connectivity index (χ1v) is 13.0. The van der Waals surface area contributed by atoms with Crippen molar-refractivity contribution in [2.75, 3.05) is 7.11 Å². The molecule has 0 fully saturated rings. The zero-order chi connectivity index (χ0) is 26.6. The van der Waals surface area contributed by atoms with Crippen LogP contribution in [0.5, 0.6) is 5.75 Å². The van der Waals surface area contributed by atoms with Crippen LogP contribution in [0, 0.1) is 5.82 Å². The third kappa shape index (κ3) is 4.82. The molecule has 0 amide bonds. The average Bonchev–Trinajstić information content (AvgIpc) is 3.26. The van der Waals surface area contributed by atoms with Gasteiger partial charge in [0.2, 0.25) is 0 Å². The standard InChI is InChI=1S/C30H25FN2O4S/c1-3-23-26(29(35)36-2)27(19-11-5-4-6-12-19)33-28(34)25(38-30(33)32-23)17-20-13-8-10-16-24(20)37-18-21-14-7-9-15-22(21)31/h4-17,27H,3,18H2,1-2H3/b25-17-/t27-/m1/s1. The van der Waals surface area contributed by atoms with Crippen molar-refractivity contribution in [3.05, 3.63) is 132 Å². The number of nitrogens with zero attached hydrogens (tertiary/aromatic N) is 2. The van der Waals surface area contributed by atoms with Gasteiger partial charge in [0, 0.05) is 11.1 Å². The van der Waals surface area contributed by atoms with E-state index in [4.69, 9.17) is 9.47 Å². The number of aromatic nitrogens is 1. The normalized spacial score (nSPS) is 15.1. The zero-order valence-corrected chi connectivity index (χ0v) is 21.7. The fraction of sp³-hybridized carbons (Fsp3) is 0.167. The van der Waals surface area contributed by atoms with Crippen molar-refractivity contribution in [3.63, 3.8) is 0 Å². The number of allylic oxidation sites excluding steroid dienone is 1. The lowest BCUT2D eigenvalue weighted by atomic mass is 9.95. The highest BCUT2D eigenvalue weighted by Crippen LogP contribution is 2.31. The van der Waals surface area contributed by atoms with Gasteiger partial charge in [-0.15, -0.1) is 0 Å². The summed E-state index contributed by atoms with van der Waals surface area (Å²) in [4.78, 5) is 31.9. The molecule has 5 rings (SSSR count). The van der Waals surface area contributed by atoms with Crippen molar-refractivity contribution in [3.8, 4) is 5.75 Å². The first kappa shape index (κ1) is 25.4. The molecule has 0 N–H and O–H groups in total. The second kappa shape index (κ2) is 11.0. The predicted octanol–water partition coefficient (Wildman–Crippen LogP) is 4.52. The maximum atomic E-state index is 14.1. The largest absolute Gasteiger partial charge is 0.488 e. The molecule has 2 heterocycles. The second-order valence-electron chi connectivity index (χ2n) is 8.62. The van der Waals surface area contributed by atoms with Crippen molar-refractivity contribution < 1.29 is 18.7 Å². The third-order valence-electron chi connectivity index (χ3n) is 6.31. The minimum Gasteiger partial charge on any atom is -0.488 e. The third-order valence-corrected chi connectivity index (χ3v) is 7.30. The molecule has 1 aliphatic heterocycles. The van der Waals surface area contributed by atoms with Gasteiger partial charge in [-0.05, 0) is 30.2 Å². The molecule has 0 saturated carbocycles. The quantitative estimate of drug-likeness (QED) is 0.331. The van der Waals surface area contributed by atoms with Crippen LogP contribution in [0.1, 0.15) is 36.1 Å². The molecule has 4 aromatic rings. The smallest absolute Gasteiger partial charge is 0.338 e. The van der Waals surface area contributed by atoms with Gasteiger partial charge in [0.1, 0.15) is 18.2 Å². The first-order valence-electron chi connectivity index (χ1n) is 12.1. The summed E-state index contributed by atoms with van der Waals surface area (Å²) in [7, 11) is 1.33. The lowest BCUT2D eigenvalue weighted by Gasteiger charge is -2.25. The maximum absolute atomic E-state index is 14.1. The first-order chi connectivity index (χ1) is 18.5. The number of para-hydroxylation sites is 1. The summed E-state index contributed by atoms with van der Waals surface area (Å²) in [6.07, 6.45) is 2.25. The van der Waals surface area contributed by atoms with Gasteiger partial charge >= 0.3 is 5.97 Å². The van der Waals surface area contributed by atoms with Crippen LogP contribution in [0.3, 0.4) is 0 Å². The molecule has 0 spiro atoms. The molecule has 1 atom stereocenters. The van der Waals surface area contributed by atoms with Gasteiger partial charge < -0.3 is 9.47 Å². The van der Waals surface area contributed by atoms with Crippen molar-refractivity contribution in [2.24, 2.45) is 4.99 Å². The molecular weight excluding hydrogens is 503 g/mol. The minimum absolute atomic E-state index is 0.0507. The van der Waals surface area contributed by atoms with E-state index in [9.17, 15) is 14.0 Å². The number of hydrogen-bond acceptors (Lipinski definition) is 6. The summed E-state index contributed by atoms with van der Waals surface area (Å²) in [5.74, 6) is -0.335. The minimum atomic E-state index is -0.662.